The van der Waals surface area contributed by atoms with Gasteiger partial charge in [-0.25, -0.2) is 0 Å². The van der Waals surface area contributed by atoms with Crippen LogP contribution in [0.15, 0.2) is 18.2 Å². The molecule has 1 fully saturated rings. The lowest BCUT2D eigenvalue weighted by Gasteiger charge is -2.36. The molecule has 1 unspecified atom stereocenters. The molecule has 21 heavy (non-hydrogen) atoms. The van der Waals surface area contributed by atoms with Gasteiger partial charge in [0.25, 0.3) is 0 Å². The van der Waals surface area contributed by atoms with Gasteiger partial charge in [0.15, 0.2) is 0 Å². The number of carbonyl (C=O) groups is 1. The fourth-order valence-corrected chi connectivity index (χ4v) is 2.68. The van der Waals surface area contributed by atoms with Crippen LogP contribution >= 0.6 is 0 Å². The summed E-state index contributed by atoms with van der Waals surface area (Å²) in [4.78, 5) is 13.1. The second-order valence-electron chi connectivity index (χ2n) is 5.10. The SMILES string of the molecule is NC(=O)C1CCCCN1c1ccc(CO)c(C(F)(F)F)c1. The van der Waals surface area contributed by atoms with E-state index < -0.39 is 30.3 Å². The summed E-state index contributed by atoms with van der Waals surface area (Å²) in [6.07, 6.45) is -2.39. The monoisotopic (exact) mass is 302 g/mol. The van der Waals surface area contributed by atoms with E-state index in [-0.39, 0.29) is 5.56 Å². The Labute approximate surface area is 120 Å². The molecule has 0 aromatic heterocycles. The second-order valence-corrected chi connectivity index (χ2v) is 5.10. The number of aliphatic hydroxyl groups excluding tert-OH is 1. The highest BCUT2D eigenvalue weighted by atomic mass is 19.4. The number of alkyl halides is 3. The summed E-state index contributed by atoms with van der Waals surface area (Å²) in [5.74, 6) is -0.533. The zero-order chi connectivity index (χ0) is 15.6. The molecule has 1 atom stereocenters. The summed E-state index contributed by atoms with van der Waals surface area (Å²) in [5, 5.41) is 9.04. The molecule has 0 aliphatic carbocycles. The summed E-state index contributed by atoms with van der Waals surface area (Å²) < 4.78 is 39.1. The van der Waals surface area contributed by atoms with Gasteiger partial charge in [0.05, 0.1) is 12.2 Å². The Hall–Kier alpha value is -1.76. The molecule has 4 nitrogen and oxygen atoms in total. The zero-order valence-corrected chi connectivity index (χ0v) is 11.4. The van der Waals surface area contributed by atoms with Crippen LogP contribution < -0.4 is 10.6 Å². The minimum absolute atomic E-state index is 0.182. The number of halogens is 3. The molecule has 1 aliphatic heterocycles. The molecule has 7 heteroatoms. The van der Waals surface area contributed by atoms with Gasteiger partial charge < -0.3 is 15.7 Å². The number of nitrogens with two attached hydrogens (primary N) is 1. The number of carbonyl (C=O) groups excluding carboxylic acids is 1. The van der Waals surface area contributed by atoms with Gasteiger partial charge in [-0.3, -0.25) is 4.79 Å². The summed E-state index contributed by atoms with van der Waals surface area (Å²) in [6, 6.07) is 3.12. The Balaban J connectivity index is 2.41. The smallest absolute Gasteiger partial charge is 0.392 e. The van der Waals surface area contributed by atoms with Crippen LogP contribution in [0.4, 0.5) is 18.9 Å². The van der Waals surface area contributed by atoms with E-state index >= 15 is 0 Å². The molecular weight excluding hydrogens is 285 g/mol. The van der Waals surface area contributed by atoms with Crippen LogP contribution in [0.2, 0.25) is 0 Å². The fourth-order valence-electron chi connectivity index (χ4n) is 2.68. The maximum absolute atomic E-state index is 13.0. The first-order chi connectivity index (χ1) is 9.84. The topological polar surface area (TPSA) is 66.6 Å². The standard InChI is InChI=1S/C14H17F3N2O2/c15-14(16,17)11-7-10(5-4-9(11)8-20)19-6-2-1-3-12(19)13(18)21/h4-5,7,12,20H,1-3,6,8H2,(H2,18,21). The van der Waals surface area contributed by atoms with Gasteiger partial charge >= 0.3 is 6.18 Å². The molecule has 1 saturated heterocycles. The van der Waals surface area contributed by atoms with Crippen LogP contribution in [0.25, 0.3) is 0 Å². The Morgan fingerprint density at radius 2 is 2.10 bits per heavy atom. The van der Waals surface area contributed by atoms with E-state index in [1.165, 1.54) is 12.1 Å². The summed E-state index contributed by atoms with van der Waals surface area (Å²) in [5.41, 5.74) is 4.58. The number of rotatable bonds is 3. The number of hydrogen-bond acceptors (Lipinski definition) is 3. The summed E-state index contributed by atoms with van der Waals surface area (Å²) in [7, 11) is 0. The van der Waals surface area contributed by atoms with Crippen molar-refractivity contribution in [3.63, 3.8) is 0 Å². The van der Waals surface area contributed by atoms with E-state index in [4.69, 9.17) is 10.8 Å². The Morgan fingerprint density at radius 3 is 2.67 bits per heavy atom. The van der Waals surface area contributed by atoms with Crippen LogP contribution in [-0.2, 0) is 17.6 Å². The van der Waals surface area contributed by atoms with Gasteiger partial charge in [0, 0.05) is 12.2 Å². The number of nitrogens with zero attached hydrogens (tertiary/aromatic N) is 1. The Kier molecular flexibility index (Phi) is 4.41. The largest absolute Gasteiger partial charge is 0.416 e. The minimum Gasteiger partial charge on any atom is -0.392 e. The molecule has 116 valence electrons. The van der Waals surface area contributed by atoms with Gasteiger partial charge in [-0.15, -0.1) is 0 Å². The summed E-state index contributed by atoms with van der Waals surface area (Å²) in [6.45, 7) is -0.197. The van der Waals surface area contributed by atoms with Crippen LogP contribution in [0.1, 0.15) is 30.4 Å². The third-order valence-electron chi connectivity index (χ3n) is 3.73. The van der Waals surface area contributed by atoms with Crippen molar-refractivity contribution >= 4 is 11.6 Å². The molecule has 0 radical (unpaired) electrons. The molecular formula is C14H17F3N2O2. The summed E-state index contributed by atoms with van der Waals surface area (Å²) >= 11 is 0. The third-order valence-corrected chi connectivity index (χ3v) is 3.73. The molecule has 1 aromatic carbocycles. The normalized spacial score (nSPS) is 19.6. The van der Waals surface area contributed by atoms with Crippen molar-refractivity contribution in [1.82, 2.24) is 0 Å². The molecule has 0 spiro atoms. The van der Waals surface area contributed by atoms with E-state index in [9.17, 15) is 18.0 Å². The number of aliphatic hydroxyl groups is 1. The number of primary amides is 1. The number of piperidine rings is 1. The molecule has 0 bridgehead atoms. The van der Waals surface area contributed by atoms with Crippen molar-refractivity contribution in [1.29, 1.82) is 0 Å². The van der Waals surface area contributed by atoms with Crippen LogP contribution in [0.5, 0.6) is 0 Å². The average Bonchev–Trinajstić information content (AvgIpc) is 2.45. The maximum Gasteiger partial charge on any atom is 0.416 e. The number of amides is 1. The quantitative estimate of drug-likeness (QED) is 0.898. The van der Waals surface area contributed by atoms with Crippen molar-refractivity contribution in [3.8, 4) is 0 Å². The maximum atomic E-state index is 13.0. The van der Waals surface area contributed by atoms with Crippen molar-refractivity contribution < 1.29 is 23.1 Å². The number of anilines is 1. The van der Waals surface area contributed by atoms with E-state index in [2.05, 4.69) is 0 Å². The molecule has 2 rings (SSSR count). The molecule has 1 aromatic rings. The first-order valence-corrected chi connectivity index (χ1v) is 6.71. The Morgan fingerprint density at radius 1 is 1.38 bits per heavy atom. The lowest BCUT2D eigenvalue weighted by atomic mass is 9.99. The molecule has 1 heterocycles. The van der Waals surface area contributed by atoms with Crippen molar-refractivity contribution in [2.45, 2.75) is 38.1 Å². The van der Waals surface area contributed by atoms with Gasteiger partial charge in [0.1, 0.15) is 6.04 Å². The highest BCUT2D eigenvalue weighted by Gasteiger charge is 2.35. The van der Waals surface area contributed by atoms with Gasteiger partial charge in [-0.1, -0.05) is 6.07 Å². The number of hydrogen-bond donors (Lipinski definition) is 2. The zero-order valence-electron chi connectivity index (χ0n) is 11.4. The highest BCUT2D eigenvalue weighted by molar-refractivity contribution is 5.84. The van der Waals surface area contributed by atoms with Gasteiger partial charge in [0.2, 0.25) is 5.91 Å². The van der Waals surface area contributed by atoms with Crippen molar-refractivity contribution in [3.05, 3.63) is 29.3 Å². The van der Waals surface area contributed by atoms with Gasteiger partial charge in [-0.05, 0) is 37.0 Å². The predicted octanol–water partition coefficient (Wildman–Crippen LogP) is 2.04. The van der Waals surface area contributed by atoms with Crippen LogP contribution in [-0.4, -0.2) is 23.6 Å². The van der Waals surface area contributed by atoms with Crippen molar-refractivity contribution in [2.75, 3.05) is 11.4 Å². The lowest BCUT2D eigenvalue weighted by molar-refractivity contribution is -0.138. The third kappa shape index (κ3) is 3.29. The average molecular weight is 302 g/mol. The first-order valence-electron chi connectivity index (χ1n) is 6.71. The predicted molar refractivity (Wildman–Crippen MR) is 71.5 cm³/mol. The molecule has 3 N–H and O–H groups in total. The van der Waals surface area contributed by atoms with Gasteiger partial charge in [-0.2, -0.15) is 13.2 Å². The first kappa shape index (κ1) is 15.6. The second kappa shape index (κ2) is 5.93. The van der Waals surface area contributed by atoms with E-state index in [1.54, 1.807) is 4.90 Å². The minimum atomic E-state index is -4.55. The van der Waals surface area contributed by atoms with E-state index in [0.29, 0.717) is 18.7 Å². The number of benzene rings is 1. The fraction of sp³-hybridized carbons (Fsp3) is 0.500. The molecule has 0 saturated carbocycles. The molecule has 1 amide bonds. The highest BCUT2D eigenvalue weighted by Crippen LogP contribution is 2.36. The lowest BCUT2D eigenvalue weighted by Crippen LogP contribution is -2.47. The van der Waals surface area contributed by atoms with Crippen LogP contribution in [0, 0.1) is 0 Å². The van der Waals surface area contributed by atoms with Crippen LogP contribution in [0.3, 0.4) is 0 Å². The van der Waals surface area contributed by atoms with E-state index in [1.807, 2.05) is 0 Å². The molecule has 1 aliphatic rings. The Bertz CT molecular complexity index is 531. The van der Waals surface area contributed by atoms with Crippen molar-refractivity contribution in [2.24, 2.45) is 5.73 Å². The van der Waals surface area contributed by atoms with E-state index in [0.717, 1.165) is 18.9 Å².